The topological polar surface area (TPSA) is 71.3 Å². The number of nitrogens with zero attached hydrogens (tertiary/aromatic N) is 5. The van der Waals surface area contributed by atoms with Crippen LogP contribution in [0.5, 0.6) is 0 Å². The molecule has 2 unspecified atom stereocenters. The SMILES string of the molecule is Cc1cc(C2CCN(C3CC4CCC(C3)N4C3CCC3)CC2)nc2c1nc(-c1ccc(S(C)(=O)=O)cc1)n2C. The summed E-state index contributed by atoms with van der Waals surface area (Å²) in [6.45, 7) is 4.50. The summed E-state index contributed by atoms with van der Waals surface area (Å²) in [5.41, 5.74) is 5.09. The quantitative estimate of drug-likeness (QED) is 0.444. The number of rotatable bonds is 5. The Bertz CT molecular complexity index is 1470. The van der Waals surface area contributed by atoms with E-state index in [-0.39, 0.29) is 0 Å². The molecular formula is C31H41N5O2S. The van der Waals surface area contributed by atoms with Crippen LogP contribution in [0.2, 0.25) is 0 Å². The standard InChI is InChI=1S/C31H41N5O2S/c1-20-17-28(32-31-29(20)33-30(34(31)2)22-7-11-27(12-8-22)39(3,37)38)21-13-15-35(16-14-21)26-18-24-9-10-25(19-26)36(24)23-5-4-6-23/h7-8,11-12,17,21,23-26H,4-6,9-10,13-16,18-19H2,1-3H3. The highest BCUT2D eigenvalue weighted by atomic mass is 32.2. The Kier molecular flexibility index (Phi) is 6.36. The van der Waals surface area contributed by atoms with Gasteiger partial charge in [-0.15, -0.1) is 0 Å². The third kappa shape index (κ3) is 4.52. The molecule has 0 amide bonds. The van der Waals surface area contributed by atoms with E-state index in [2.05, 4.69) is 27.4 Å². The fourth-order valence-corrected chi connectivity index (χ4v) is 8.60. The lowest BCUT2D eigenvalue weighted by Crippen LogP contribution is -2.56. The van der Waals surface area contributed by atoms with E-state index in [1.807, 2.05) is 19.2 Å². The molecule has 1 saturated carbocycles. The van der Waals surface area contributed by atoms with Crippen LogP contribution < -0.4 is 0 Å². The van der Waals surface area contributed by atoms with E-state index in [1.54, 1.807) is 12.1 Å². The van der Waals surface area contributed by atoms with E-state index >= 15 is 0 Å². The van der Waals surface area contributed by atoms with Crippen LogP contribution in [0.15, 0.2) is 35.2 Å². The predicted molar refractivity (Wildman–Crippen MR) is 155 cm³/mol. The molecule has 3 saturated heterocycles. The molecule has 208 valence electrons. The highest BCUT2D eigenvalue weighted by molar-refractivity contribution is 7.90. The number of sulfone groups is 1. The number of hydrogen-bond donors (Lipinski definition) is 0. The molecule has 0 N–H and O–H groups in total. The largest absolute Gasteiger partial charge is 0.312 e. The predicted octanol–water partition coefficient (Wildman–Crippen LogP) is 5.07. The van der Waals surface area contributed by atoms with Gasteiger partial charge < -0.3 is 9.47 Å². The number of piperidine rings is 2. The van der Waals surface area contributed by atoms with E-state index in [9.17, 15) is 8.42 Å². The van der Waals surface area contributed by atoms with Crippen LogP contribution in [0.4, 0.5) is 0 Å². The molecule has 0 spiro atoms. The lowest BCUT2D eigenvalue weighted by Gasteiger charge is -2.50. The first-order chi connectivity index (χ1) is 18.8. The number of aryl methyl sites for hydroxylation is 2. The van der Waals surface area contributed by atoms with Gasteiger partial charge in [-0.3, -0.25) is 4.90 Å². The monoisotopic (exact) mass is 547 g/mol. The number of pyridine rings is 1. The van der Waals surface area contributed by atoms with Gasteiger partial charge in [0.15, 0.2) is 15.5 Å². The molecule has 7 nitrogen and oxygen atoms in total. The fourth-order valence-electron chi connectivity index (χ4n) is 7.97. The van der Waals surface area contributed by atoms with Crippen LogP contribution >= 0.6 is 0 Å². The zero-order valence-corrected chi connectivity index (χ0v) is 24.3. The number of aromatic nitrogens is 3. The van der Waals surface area contributed by atoms with Crippen LogP contribution in [-0.2, 0) is 16.9 Å². The van der Waals surface area contributed by atoms with Gasteiger partial charge in [-0.25, -0.2) is 18.4 Å². The zero-order chi connectivity index (χ0) is 26.9. The van der Waals surface area contributed by atoms with Gasteiger partial charge in [0.1, 0.15) is 11.3 Å². The maximum atomic E-state index is 11.9. The first-order valence-electron chi connectivity index (χ1n) is 14.9. The zero-order valence-electron chi connectivity index (χ0n) is 23.5. The Hall–Kier alpha value is -2.29. The summed E-state index contributed by atoms with van der Waals surface area (Å²) >= 11 is 0. The second kappa shape index (κ2) is 9.67. The summed E-state index contributed by atoms with van der Waals surface area (Å²) in [7, 11) is -1.21. The van der Waals surface area contributed by atoms with Gasteiger partial charge in [-0.05, 0) is 107 Å². The Morgan fingerprint density at radius 3 is 2.10 bits per heavy atom. The highest BCUT2D eigenvalue weighted by Gasteiger charge is 2.46. The Morgan fingerprint density at radius 2 is 1.51 bits per heavy atom. The smallest absolute Gasteiger partial charge is 0.175 e. The van der Waals surface area contributed by atoms with Crippen molar-refractivity contribution < 1.29 is 8.42 Å². The lowest BCUT2D eigenvalue weighted by atomic mass is 9.85. The van der Waals surface area contributed by atoms with Gasteiger partial charge in [0.2, 0.25) is 0 Å². The average molecular weight is 548 g/mol. The third-order valence-electron chi connectivity index (χ3n) is 10.3. The molecular weight excluding hydrogens is 506 g/mol. The summed E-state index contributed by atoms with van der Waals surface area (Å²) in [5, 5.41) is 0. The van der Waals surface area contributed by atoms with Gasteiger partial charge >= 0.3 is 0 Å². The van der Waals surface area contributed by atoms with Crippen molar-refractivity contribution >= 4 is 21.0 Å². The normalized spacial score (nSPS) is 27.3. The molecule has 3 aromatic rings. The van der Waals surface area contributed by atoms with Crippen molar-refractivity contribution in [3.05, 3.63) is 41.6 Å². The summed E-state index contributed by atoms with van der Waals surface area (Å²) < 4.78 is 25.8. The van der Waals surface area contributed by atoms with E-state index in [1.165, 1.54) is 82.8 Å². The second-order valence-electron chi connectivity index (χ2n) is 12.7. The van der Waals surface area contributed by atoms with Crippen LogP contribution in [0.25, 0.3) is 22.6 Å². The number of fused-ring (bicyclic) bond motifs is 3. The maximum Gasteiger partial charge on any atom is 0.175 e. The van der Waals surface area contributed by atoms with Crippen LogP contribution in [0, 0.1) is 6.92 Å². The molecule has 4 fully saturated rings. The molecule has 2 atom stereocenters. The van der Waals surface area contributed by atoms with Crippen molar-refractivity contribution in [2.24, 2.45) is 7.05 Å². The molecule has 2 bridgehead atoms. The van der Waals surface area contributed by atoms with Crippen LogP contribution in [0.1, 0.15) is 75.0 Å². The molecule has 39 heavy (non-hydrogen) atoms. The number of hydrogen-bond acceptors (Lipinski definition) is 6. The van der Waals surface area contributed by atoms with E-state index in [4.69, 9.17) is 9.97 Å². The lowest BCUT2D eigenvalue weighted by molar-refractivity contribution is -0.000909. The van der Waals surface area contributed by atoms with Crippen molar-refractivity contribution in [3.63, 3.8) is 0 Å². The van der Waals surface area contributed by atoms with Gasteiger partial charge in [0.25, 0.3) is 0 Å². The molecule has 0 radical (unpaired) electrons. The molecule has 2 aromatic heterocycles. The summed E-state index contributed by atoms with van der Waals surface area (Å²) in [6.07, 6.45) is 13.5. The Balaban J connectivity index is 1.06. The van der Waals surface area contributed by atoms with Crippen molar-refractivity contribution in [1.29, 1.82) is 0 Å². The van der Waals surface area contributed by atoms with Gasteiger partial charge in [0.05, 0.1) is 4.90 Å². The fraction of sp³-hybridized carbons (Fsp3) is 0.613. The molecule has 1 aromatic carbocycles. The summed E-state index contributed by atoms with van der Waals surface area (Å²) in [6, 6.07) is 12.6. The number of benzene rings is 1. The molecule has 7 rings (SSSR count). The average Bonchev–Trinajstić information content (AvgIpc) is 3.34. The molecule has 1 aliphatic carbocycles. The first kappa shape index (κ1) is 25.7. The van der Waals surface area contributed by atoms with Gasteiger partial charge in [0, 0.05) is 54.6 Å². The summed E-state index contributed by atoms with van der Waals surface area (Å²) in [5.74, 6) is 1.30. The summed E-state index contributed by atoms with van der Waals surface area (Å²) in [4.78, 5) is 16.2. The molecule has 3 aliphatic heterocycles. The van der Waals surface area contributed by atoms with Crippen LogP contribution in [0.3, 0.4) is 0 Å². The van der Waals surface area contributed by atoms with Gasteiger partial charge in [-0.1, -0.05) is 6.42 Å². The number of imidazole rings is 1. The molecule has 8 heteroatoms. The first-order valence-corrected chi connectivity index (χ1v) is 16.8. The molecule has 5 heterocycles. The number of likely N-dealkylation sites (tertiary alicyclic amines) is 1. The van der Waals surface area contributed by atoms with Gasteiger partial charge in [-0.2, -0.15) is 0 Å². The maximum absolute atomic E-state index is 11.9. The minimum Gasteiger partial charge on any atom is -0.312 e. The van der Waals surface area contributed by atoms with Crippen molar-refractivity contribution in [2.75, 3.05) is 19.3 Å². The van der Waals surface area contributed by atoms with Crippen molar-refractivity contribution in [2.45, 2.75) is 99.7 Å². The van der Waals surface area contributed by atoms with E-state index < -0.39 is 9.84 Å². The van der Waals surface area contributed by atoms with Crippen LogP contribution in [-0.4, -0.2) is 76.3 Å². The van der Waals surface area contributed by atoms with Crippen molar-refractivity contribution in [1.82, 2.24) is 24.3 Å². The minimum atomic E-state index is -3.23. The highest BCUT2D eigenvalue weighted by Crippen LogP contribution is 2.44. The van der Waals surface area contributed by atoms with E-state index in [0.717, 1.165) is 52.3 Å². The van der Waals surface area contributed by atoms with E-state index in [0.29, 0.717) is 10.8 Å². The second-order valence-corrected chi connectivity index (χ2v) is 14.7. The molecule has 4 aliphatic rings. The minimum absolute atomic E-state index is 0.324. The Labute approximate surface area is 232 Å². The third-order valence-corrected chi connectivity index (χ3v) is 11.4. The Morgan fingerprint density at radius 1 is 0.846 bits per heavy atom. The van der Waals surface area contributed by atoms with Crippen molar-refractivity contribution in [3.8, 4) is 11.4 Å².